The predicted octanol–water partition coefficient (Wildman–Crippen LogP) is 2.14. The predicted molar refractivity (Wildman–Crippen MR) is 300 cm³/mol. The first-order chi connectivity index (χ1) is 37.1. The standard InChI is InChI=1S/C56H77N9O11S2/c1-7-35(4)48(56(73)74)64-53(70)46(32-38-33-58-41-22-15-14-21-39(38)41)62-51(68)44(30-36-17-10-8-11-18-36)61-52(69)45(31-37-19-12-9-13-20-37)63-54(71)47-23-16-26-65(47)55(72)42(25-28-78(6)76)59-50(67)43(29-34(2)3)60-49(66)40(57)24-27-77(5)75/h8-15,17-22,33-35,40,42-48,58H,7,16,23-32,57H2,1-6H3,(H,59,67)(H,60,66)(H,61,69)(H,62,68)(H,63,71)(H,64,70)(H,73,74)/t35-,40-,42-,43-,44-,45-,46-,47-,48-,77?,78?/m0/s1. The first-order valence-corrected chi connectivity index (χ1v) is 29.9. The van der Waals surface area contributed by atoms with E-state index in [4.69, 9.17) is 5.73 Å². The molecular weight excluding hydrogens is 1040 g/mol. The van der Waals surface area contributed by atoms with Crippen LogP contribution in [0.15, 0.2) is 91.1 Å². The molecule has 1 fully saturated rings. The molecular formula is C56H77N9O11S2. The highest BCUT2D eigenvalue weighted by atomic mass is 32.2. The zero-order valence-corrected chi connectivity index (χ0v) is 46.9. The number of aliphatic carboxylic acids is 1. The fraction of sp³-hybridized carbons (Fsp3) is 0.500. The number of benzene rings is 3. The molecule has 7 amide bonds. The van der Waals surface area contributed by atoms with Gasteiger partial charge in [0.15, 0.2) is 0 Å². The van der Waals surface area contributed by atoms with Crippen LogP contribution in [-0.4, -0.2) is 150 Å². The highest BCUT2D eigenvalue weighted by Crippen LogP contribution is 2.23. The molecule has 1 aromatic heterocycles. The number of hydrogen-bond acceptors (Lipinski definition) is 11. The van der Waals surface area contributed by atoms with Gasteiger partial charge in [-0.1, -0.05) is 135 Å². The zero-order chi connectivity index (χ0) is 57.1. The van der Waals surface area contributed by atoms with Crippen molar-refractivity contribution >= 4 is 80.6 Å². The Bertz CT molecular complexity index is 2640. The van der Waals surface area contributed by atoms with Crippen molar-refractivity contribution < 1.29 is 52.6 Å². The first kappa shape index (κ1) is 62.4. The van der Waals surface area contributed by atoms with E-state index in [0.717, 1.165) is 10.9 Å². The van der Waals surface area contributed by atoms with Crippen LogP contribution in [0.5, 0.6) is 0 Å². The molecule has 4 aromatic rings. The number of nitrogens with zero attached hydrogens (tertiary/aromatic N) is 1. The van der Waals surface area contributed by atoms with Gasteiger partial charge in [-0.05, 0) is 53.9 Å². The van der Waals surface area contributed by atoms with Crippen LogP contribution in [0, 0.1) is 11.8 Å². The van der Waals surface area contributed by atoms with E-state index in [2.05, 4.69) is 36.9 Å². The normalized spacial score (nSPS) is 17.3. The second-order valence-corrected chi connectivity index (χ2v) is 23.6. The Balaban J connectivity index is 1.41. The van der Waals surface area contributed by atoms with Crippen molar-refractivity contribution in [3.05, 3.63) is 108 Å². The summed E-state index contributed by atoms with van der Waals surface area (Å²) in [6, 6.07) is 15.4. The van der Waals surface area contributed by atoms with Gasteiger partial charge in [-0.25, -0.2) is 4.79 Å². The monoisotopic (exact) mass is 1120 g/mol. The van der Waals surface area contributed by atoms with E-state index < -0.39 is 124 Å². The van der Waals surface area contributed by atoms with E-state index in [1.165, 1.54) is 17.4 Å². The fourth-order valence-electron chi connectivity index (χ4n) is 9.32. The number of likely N-dealkylation sites (tertiary alicyclic amines) is 1. The van der Waals surface area contributed by atoms with Crippen LogP contribution in [0.3, 0.4) is 0 Å². The van der Waals surface area contributed by atoms with Crippen LogP contribution >= 0.6 is 0 Å². The molecule has 2 unspecified atom stereocenters. The van der Waals surface area contributed by atoms with Gasteiger partial charge in [-0.15, -0.1) is 0 Å². The van der Waals surface area contributed by atoms with E-state index in [-0.39, 0.29) is 68.9 Å². The first-order valence-electron chi connectivity index (χ1n) is 26.5. The number of H-pyrrole nitrogens is 1. The average Bonchev–Trinajstić information content (AvgIpc) is 4.09. The fourth-order valence-corrected chi connectivity index (χ4v) is 10.5. The van der Waals surface area contributed by atoms with Gasteiger partial charge in [0.25, 0.3) is 0 Å². The van der Waals surface area contributed by atoms with Gasteiger partial charge in [0, 0.05) is 55.7 Å². The van der Waals surface area contributed by atoms with Crippen molar-refractivity contribution in [1.82, 2.24) is 41.8 Å². The maximum atomic E-state index is 14.8. The van der Waals surface area contributed by atoms with Crippen molar-refractivity contribution in [3.63, 3.8) is 0 Å². The quantitative estimate of drug-likeness (QED) is 0.0340. The molecule has 20 nitrogen and oxygen atoms in total. The molecule has 78 heavy (non-hydrogen) atoms. The van der Waals surface area contributed by atoms with Crippen molar-refractivity contribution in [3.8, 4) is 0 Å². The largest absolute Gasteiger partial charge is 0.617 e. The number of para-hydroxylation sites is 1. The Morgan fingerprint density at radius 2 is 1.17 bits per heavy atom. The Morgan fingerprint density at radius 3 is 1.73 bits per heavy atom. The molecule has 424 valence electrons. The lowest BCUT2D eigenvalue weighted by Gasteiger charge is -2.31. The molecule has 10 N–H and O–H groups in total. The van der Waals surface area contributed by atoms with Crippen LogP contribution in [0.25, 0.3) is 10.9 Å². The van der Waals surface area contributed by atoms with Crippen LogP contribution in [0.2, 0.25) is 0 Å². The van der Waals surface area contributed by atoms with Crippen molar-refractivity contribution in [2.45, 2.75) is 134 Å². The zero-order valence-electron chi connectivity index (χ0n) is 45.3. The number of nitrogens with two attached hydrogens (primary N) is 1. The summed E-state index contributed by atoms with van der Waals surface area (Å²) in [4.78, 5) is 117. The number of aromatic nitrogens is 1. The second kappa shape index (κ2) is 30.6. The lowest BCUT2D eigenvalue weighted by atomic mass is 9.97. The van der Waals surface area contributed by atoms with Crippen LogP contribution in [0.4, 0.5) is 0 Å². The van der Waals surface area contributed by atoms with Gasteiger partial charge in [0.05, 0.1) is 18.6 Å². The summed E-state index contributed by atoms with van der Waals surface area (Å²) >= 11 is -2.58. The van der Waals surface area contributed by atoms with Crippen LogP contribution in [-0.2, 0) is 80.0 Å². The Hall–Kier alpha value is -6.46. The number of rotatable bonds is 30. The van der Waals surface area contributed by atoms with Crippen molar-refractivity contribution in [2.24, 2.45) is 17.6 Å². The summed E-state index contributed by atoms with van der Waals surface area (Å²) in [5.41, 5.74) is 8.85. The number of hydrogen-bond donors (Lipinski definition) is 9. The topological polar surface area (TPSA) is 320 Å². The molecule has 0 bridgehead atoms. The summed E-state index contributed by atoms with van der Waals surface area (Å²) in [7, 11) is 0. The lowest BCUT2D eigenvalue weighted by Crippen LogP contribution is -2.61. The average molecular weight is 1120 g/mol. The molecule has 0 spiro atoms. The van der Waals surface area contributed by atoms with Gasteiger partial charge in [0.1, 0.15) is 53.8 Å². The lowest BCUT2D eigenvalue weighted by molar-refractivity contribution is -0.144. The third-order valence-electron chi connectivity index (χ3n) is 13.9. The summed E-state index contributed by atoms with van der Waals surface area (Å²) in [6.07, 6.45) is 5.81. The molecule has 0 aliphatic carbocycles. The molecule has 0 radical (unpaired) electrons. The number of aromatic amines is 1. The Morgan fingerprint density at radius 1 is 0.667 bits per heavy atom. The van der Waals surface area contributed by atoms with Gasteiger partial charge in [-0.3, -0.25) is 33.6 Å². The van der Waals surface area contributed by atoms with Gasteiger partial charge >= 0.3 is 5.97 Å². The molecule has 3 aromatic carbocycles. The Labute approximate surface area is 462 Å². The van der Waals surface area contributed by atoms with E-state index >= 15 is 0 Å². The maximum absolute atomic E-state index is 14.8. The number of amides is 7. The number of fused-ring (bicyclic) bond motifs is 1. The Kier molecular flexibility index (Phi) is 24.5. The van der Waals surface area contributed by atoms with Gasteiger partial charge < -0.3 is 61.7 Å². The summed E-state index contributed by atoms with van der Waals surface area (Å²) in [6.45, 7) is 7.33. The number of nitrogens with one attached hydrogen (secondary N) is 7. The van der Waals surface area contributed by atoms with E-state index in [0.29, 0.717) is 29.5 Å². The molecule has 2 heterocycles. The molecule has 22 heteroatoms. The molecule has 11 atom stereocenters. The third kappa shape index (κ3) is 18.9. The van der Waals surface area contributed by atoms with Crippen LogP contribution in [0.1, 0.15) is 82.9 Å². The molecule has 1 aliphatic rings. The van der Waals surface area contributed by atoms with E-state index in [1.54, 1.807) is 80.7 Å². The summed E-state index contributed by atoms with van der Waals surface area (Å²) in [5, 5.41) is 27.5. The highest BCUT2D eigenvalue weighted by molar-refractivity contribution is 7.90. The summed E-state index contributed by atoms with van der Waals surface area (Å²) < 4.78 is 24.1. The third-order valence-corrected chi connectivity index (χ3v) is 15.5. The van der Waals surface area contributed by atoms with Crippen molar-refractivity contribution in [1.29, 1.82) is 0 Å². The van der Waals surface area contributed by atoms with Crippen molar-refractivity contribution in [2.75, 3.05) is 30.6 Å². The number of carboxylic acids is 1. The molecule has 5 rings (SSSR count). The van der Waals surface area contributed by atoms with Gasteiger partial charge in [-0.2, -0.15) is 0 Å². The van der Waals surface area contributed by atoms with Crippen LogP contribution < -0.4 is 37.6 Å². The smallest absolute Gasteiger partial charge is 0.326 e. The number of carbonyl (C=O) groups excluding carboxylic acids is 7. The van der Waals surface area contributed by atoms with Gasteiger partial charge in [0.2, 0.25) is 41.4 Å². The molecule has 1 saturated heterocycles. The molecule has 1 aliphatic heterocycles. The minimum Gasteiger partial charge on any atom is -0.617 e. The minimum atomic E-state index is -1.39. The maximum Gasteiger partial charge on any atom is 0.326 e. The second-order valence-electron chi connectivity index (χ2n) is 20.5. The number of carbonyl (C=O) groups is 8. The van der Waals surface area contributed by atoms with E-state index in [9.17, 15) is 52.6 Å². The minimum absolute atomic E-state index is 0.0219. The highest BCUT2D eigenvalue weighted by Gasteiger charge is 2.41. The SMILES string of the molecule is CC[C@H](C)[C@H](NC(=O)[C@H](Cc1c[nH]c2ccccc12)NC(=O)[C@H](Cc1ccccc1)NC(=O)[C@H](Cc1ccccc1)NC(=O)[C@@H]1CCCN1C(=O)[C@H](CC[S+](C)[O-])NC(=O)[C@H](CC(C)C)NC(=O)[C@@H](N)CC[S+](C)[O-])C(=O)O. The molecule has 0 saturated carbocycles. The van der Waals surface area contributed by atoms with E-state index in [1.807, 2.05) is 38.1 Å². The summed E-state index contributed by atoms with van der Waals surface area (Å²) in [5.74, 6) is -6.44. The number of carboxylic acid groups (broad SMARTS) is 1.